The second-order valence-electron chi connectivity index (χ2n) is 8.89. The van der Waals surface area contributed by atoms with Crippen LogP contribution in [0.15, 0.2) is 55.0 Å². The van der Waals surface area contributed by atoms with Crippen molar-refractivity contribution in [3.8, 4) is 5.75 Å². The van der Waals surface area contributed by atoms with Gasteiger partial charge < -0.3 is 15.4 Å². The maximum atomic E-state index is 12.6. The van der Waals surface area contributed by atoms with Crippen LogP contribution in [0.25, 0.3) is 6.08 Å². The molecule has 0 saturated heterocycles. The van der Waals surface area contributed by atoms with Crippen LogP contribution in [0.5, 0.6) is 5.75 Å². The first-order chi connectivity index (χ1) is 17.4. The van der Waals surface area contributed by atoms with E-state index in [-0.39, 0.29) is 23.6 Å². The van der Waals surface area contributed by atoms with E-state index in [0.717, 1.165) is 23.5 Å². The van der Waals surface area contributed by atoms with Crippen molar-refractivity contribution in [3.63, 3.8) is 0 Å². The highest BCUT2D eigenvalue weighted by Gasteiger charge is 2.22. The van der Waals surface area contributed by atoms with Gasteiger partial charge in [0, 0.05) is 41.1 Å². The molecule has 2 heterocycles. The molecule has 1 aliphatic rings. The molecule has 2 N–H and O–H groups in total. The molecular formula is C27H30ClN5O3. The molecule has 36 heavy (non-hydrogen) atoms. The molecule has 188 valence electrons. The standard InChI is InChI=1S/C27H30ClN5O3/c1-3-29-27(35)25-12-21(10-11-30-25)26(34)32-18(2)4-5-20-14-31-33(15-20)16-22-8-9-23(13-24(22)28)36-17-19-6-7-19/h4-5,8-15,18-19H,3,6-7,16-17H2,1-2H3,(H,29,35)(H,32,34)/b5-4+/t18-/m0/s1. The highest BCUT2D eigenvalue weighted by Crippen LogP contribution is 2.30. The maximum Gasteiger partial charge on any atom is 0.269 e. The normalized spacial score (nSPS) is 14.0. The van der Waals surface area contributed by atoms with Crippen molar-refractivity contribution >= 4 is 29.5 Å². The zero-order chi connectivity index (χ0) is 25.5. The van der Waals surface area contributed by atoms with E-state index in [1.54, 1.807) is 12.3 Å². The fourth-order valence-electron chi connectivity index (χ4n) is 3.51. The summed E-state index contributed by atoms with van der Waals surface area (Å²) in [6.07, 6.45) is 11.4. The van der Waals surface area contributed by atoms with Crippen molar-refractivity contribution in [3.05, 3.63) is 82.4 Å². The number of ether oxygens (including phenoxy) is 1. The lowest BCUT2D eigenvalue weighted by molar-refractivity contribution is 0.0947. The van der Waals surface area contributed by atoms with Gasteiger partial charge in [-0.3, -0.25) is 19.3 Å². The molecule has 8 nitrogen and oxygen atoms in total. The lowest BCUT2D eigenvalue weighted by Crippen LogP contribution is -2.31. The van der Waals surface area contributed by atoms with Gasteiger partial charge in [-0.15, -0.1) is 0 Å². The number of benzene rings is 1. The lowest BCUT2D eigenvalue weighted by atomic mass is 10.2. The largest absolute Gasteiger partial charge is 0.493 e. The number of halogens is 1. The number of carbonyl (C=O) groups is 2. The predicted octanol–water partition coefficient (Wildman–Crippen LogP) is 4.35. The van der Waals surface area contributed by atoms with Crippen molar-refractivity contribution in [1.29, 1.82) is 0 Å². The van der Waals surface area contributed by atoms with Gasteiger partial charge in [-0.05, 0) is 62.4 Å². The van der Waals surface area contributed by atoms with Crippen molar-refractivity contribution in [2.75, 3.05) is 13.2 Å². The van der Waals surface area contributed by atoms with Gasteiger partial charge in [0.15, 0.2) is 0 Å². The number of nitrogens with one attached hydrogen (secondary N) is 2. The van der Waals surface area contributed by atoms with E-state index in [1.807, 2.05) is 55.1 Å². The molecule has 0 spiro atoms. The van der Waals surface area contributed by atoms with E-state index in [2.05, 4.69) is 20.7 Å². The monoisotopic (exact) mass is 507 g/mol. The number of pyridine rings is 1. The van der Waals surface area contributed by atoms with Gasteiger partial charge >= 0.3 is 0 Å². The topological polar surface area (TPSA) is 98.1 Å². The number of nitrogens with zero attached hydrogens (tertiary/aromatic N) is 3. The van der Waals surface area contributed by atoms with E-state index in [0.29, 0.717) is 29.6 Å². The number of aromatic nitrogens is 3. The van der Waals surface area contributed by atoms with Crippen LogP contribution >= 0.6 is 11.6 Å². The minimum atomic E-state index is -0.309. The van der Waals surface area contributed by atoms with Crippen LogP contribution in [0.3, 0.4) is 0 Å². The average molecular weight is 508 g/mol. The molecule has 1 aromatic carbocycles. The number of hydrogen-bond donors (Lipinski definition) is 2. The van der Waals surface area contributed by atoms with Crippen LogP contribution in [0.1, 0.15) is 58.7 Å². The molecule has 0 bridgehead atoms. The molecule has 3 aromatic rings. The van der Waals surface area contributed by atoms with Crippen molar-refractivity contribution < 1.29 is 14.3 Å². The molecule has 1 saturated carbocycles. The fourth-order valence-corrected chi connectivity index (χ4v) is 3.74. The third-order valence-corrected chi connectivity index (χ3v) is 6.07. The highest BCUT2D eigenvalue weighted by molar-refractivity contribution is 6.31. The number of rotatable bonds is 11. The van der Waals surface area contributed by atoms with E-state index < -0.39 is 0 Å². The summed E-state index contributed by atoms with van der Waals surface area (Å²) in [4.78, 5) is 28.6. The molecule has 2 amide bonds. The fraction of sp³-hybridized carbons (Fsp3) is 0.333. The van der Waals surface area contributed by atoms with Gasteiger partial charge in [-0.2, -0.15) is 5.10 Å². The smallest absolute Gasteiger partial charge is 0.269 e. The Labute approximate surface area is 215 Å². The molecule has 4 rings (SSSR count). The summed E-state index contributed by atoms with van der Waals surface area (Å²) in [5.41, 5.74) is 2.44. The molecular weight excluding hydrogens is 478 g/mol. The summed E-state index contributed by atoms with van der Waals surface area (Å²) in [5.74, 6) is 0.895. The van der Waals surface area contributed by atoms with Crippen molar-refractivity contribution in [1.82, 2.24) is 25.4 Å². The van der Waals surface area contributed by atoms with Gasteiger partial charge in [0.05, 0.1) is 19.3 Å². The molecule has 1 fully saturated rings. The van der Waals surface area contributed by atoms with E-state index in [4.69, 9.17) is 16.3 Å². The number of carbonyl (C=O) groups excluding carboxylic acids is 2. The van der Waals surface area contributed by atoms with Crippen LogP contribution in [-0.4, -0.2) is 45.8 Å². The summed E-state index contributed by atoms with van der Waals surface area (Å²) in [7, 11) is 0. The van der Waals surface area contributed by atoms with Crippen LogP contribution in [-0.2, 0) is 6.54 Å². The zero-order valence-electron chi connectivity index (χ0n) is 20.4. The molecule has 9 heteroatoms. The summed E-state index contributed by atoms with van der Waals surface area (Å²) >= 11 is 6.46. The Hall–Kier alpha value is -3.65. The van der Waals surface area contributed by atoms with Gasteiger partial charge in [0.25, 0.3) is 11.8 Å². The molecule has 1 aliphatic carbocycles. The van der Waals surface area contributed by atoms with Gasteiger partial charge in [0.2, 0.25) is 0 Å². The van der Waals surface area contributed by atoms with E-state index in [1.165, 1.54) is 25.1 Å². The lowest BCUT2D eigenvalue weighted by Gasteiger charge is -2.10. The molecule has 1 atom stereocenters. The minimum absolute atomic E-state index is 0.209. The molecule has 0 unspecified atom stereocenters. The summed E-state index contributed by atoms with van der Waals surface area (Å²) in [6.45, 7) is 5.48. The van der Waals surface area contributed by atoms with Gasteiger partial charge in [-0.1, -0.05) is 29.8 Å². The van der Waals surface area contributed by atoms with Crippen LogP contribution in [0.2, 0.25) is 5.02 Å². The average Bonchev–Trinajstić information content (AvgIpc) is 3.60. The van der Waals surface area contributed by atoms with Crippen LogP contribution in [0.4, 0.5) is 0 Å². The Morgan fingerprint density at radius 1 is 1.25 bits per heavy atom. The SMILES string of the molecule is CCNC(=O)c1cc(C(=O)N[C@@H](C)/C=C/c2cnn(Cc3ccc(OCC4CC4)cc3Cl)c2)ccn1. The first kappa shape index (κ1) is 25.4. The summed E-state index contributed by atoms with van der Waals surface area (Å²) < 4.78 is 7.60. The Morgan fingerprint density at radius 2 is 2.08 bits per heavy atom. The van der Waals surface area contributed by atoms with Crippen LogP contribution in [0, 0.1) is 5.92 Å². The molecule has 0 aliphatic heterocycles. The van der Waals surface area contributed by atoms with Crippen LogP contribution < -0.4 is 15.4 Å². The second kappa shape index (κ2) is 11.9. The Kier molecular flexibility index (Phi) is 8.38. The van der Waals surface area contributed by atoms with Gasteiger partial charge in [0.1, 0.15) is 11.4 Å². The third kappa shape index (κ3) is 7.18. The predicted molar refractivity (Wildman–Crippen MR) is 139 cm³/mol. The van der Waals surface area contributed by atoms with Gasteiger partial charge in [-0.25, -0.2) is 0 Å². The Balaban J connectivity index is 1.30. The Morgan fingerprint density at radius 3 is 2.83 bits per heavy atom. The first-order valence-corrected chi connectivity index (χ1v) is 12.5. The highest BCUT2D eigenvalue weighted by atomic mass is 35.5. The summed E-state index contributed by atoms with van der Waals surface area (Å²) in [6, 6.07) is 8.60. The number of hydrogen-bond acceptors (Lipinski definition) is 5. The molecule has 0 radical (unpaired) electrons. The van der Waals surface area contributed by atoms with E-state index >= 15 is 0 Å². The number of amides is 2. The Bertz CT molecular complexity index is 1250. The quantitative estimate of drug-likeness (QED) is 0.402. The maximum absolute atomic E-state index is 12.6. The third-order valence-electron chi connectivity index (χ3n) is 5.72. The second-order valence-corrected chi connectivity index (χ2v) is 9.30. The van der Waals surface area contributed by atoms with Crippen molar-refractivity contribution in [2.24, 2.45) is 5.92 Å². The first-order valence-electron chi connectivity index (χ1n) is 12.1. The van der Waals surface area contributed by atoms with Crippen molar-refractivity contribution in [2.45, 2.75) is 39.3 Å². The zero-order valence-corrected chi connectivity index (χ0v) is 21.2. The van der Waals surface area contributed by atoms with E-state index in [9.17, 15) is 9.59 Å². The minimum Gasteiger partial charge on any atom is -0.493 e. The molecule has 2 aromatic heterocycles. The summed E-state index contributed by atoms with van der Waals surface area (Å²) in [5, 5.41) is 10.6.